The highest BCUT2D eigenvalue weighted by Crippen LogP contribution is 2.33. The summed E-state index contributed by atoms with van der Waals surface area (Å²) in [4.78, 5) is 27.5. The van der Waals surface area contributed by atoms with Gasteiger partial charge in [-0.05, 0) is 43.2 Å². The Morgan fingerprint density at radius 3 is 2.62 bits per heavy atom. The Hall–Kier alpha value is -2.90. The molecule has 164 valence electrons. The van der Waals surface area contributed by atoms with Crippen molar-refractivity contribution in [3.8, 4) is 5.75 Å². The highest BCUT2D eigenvalue weighted by molar-refractivity contribution is 8.26. The van der Waals surface area contributed by atoms with Crippen molar-refractivity contribution in [3.05, 3.63) is 70.3 Å². The average Bonchev–Trinajstić information content (AvgIpc) is 3.26. The lowest BCUT2D eigenvalue weighted by Gasteiger charge is -2.13. The van der Waals surface area contributed by atoms with Gasteiger partial charge in [0.25, 0.3) is 5.91 Å². The van der Waals surface area contributed by atoms with Crippen molar-refractivity contribution in [2.45, 2.75) is 33.1 Å². The van der Waals surface area contributed by atoms with Gasteiger partial charge in [0.15, 0.2) is 0 Å². The first kappa shape index (κ1) is 22.3. The number of thioether (sulfide) groups is 1. The number of hydrogen-bond donors (Lipinski definition) is 0. The lowest BCUT2D eigenvalue weighted by Crippen LogP contribution is -2.28. The van der Waals surface area contributed by atoms with Crippen molar-refractivity contribution in [1.29, 1.82) is 0 Å². The van der Waals surface area contributed by atoms with Crippen molar-refractivity contribution in [3.63, 3.8) is 0 Å². The molecule has 2 heterocycles. The second kappa shape index (κ2) is 9.71. The Morgan fingerprint density at radius 2 is 1.91 bits per heavy atom. The first-order valence-electron chi connectivity index (χ1n) is 10.5. The summed E-state index contributed by atoms with van der Waals surface area (Å²) in [6.45, 7) is 4.62. The monoisotopic (exact) mass is 465 g/mol. The normalized spacial score (nSPS) is 15.2. The van der Waals surface area contributed by atoms with Crippen LogP contribution < -0.4 is 4.74 Å². The second-order valence-corrected chi connectivity index (χ2v) is 9.23. The zero-order chi connectivity index (χ0) is 22.7. The van der Waals surface area contributed by atoms with E-state index < -0.39 is 5.97 Å². The molecule has 0 saturated carbocycles. The number of unbranched alkanes of at least 4 members (excludes halogenated alkanes) is 2. The number of fused-ring (bicyclic) bond motifs is 1. The fourth-order valence-corrected chi connectivity index (χ4v) is 4.83. The Bertz CT molecular complexity index is 1210. The van der Waals surface area contributed by atoms with Crippen molar-refractivity contribution in [1.82, 2.24) is 4.90 Å². The molecule has 2 aromatic carbocycles. The lowest BCUT2D eigenvalue weighted by atomic mass is 10.1. The van der Waals surface area contributed by atoms with E-state index in [1.54, 1.807) is 29.2 Å². The van der Waals surface area contributed by atoms with E-state index in [2.05, 4.69) is 6.92 Å². The summed E-state index contributed by atoms with van der Waals surface area (Å²) < 4.78 is 11.8. The van der Waals surface area contributed by atoms with Crippen LogP contribution in [0.1, 0.15) is 47.9 Å². The maximum atomic E-state index is 12.7. The van der Waals surface area contributed by atoms with Crippen molar-refractivity contribution < 1.29 is 18.7 Å². The van der Waals surface area contributed by atoms with Gasteiger partial charge in [-0.25, -0.2) is 4.79 Å². The van der Waals surface area contributed by atoms with Crippen LogP contribution >= 0.6 is 24.0 Å². The Kier molecular flexibility index (Phi) is 6.77. The van der Waals surface area contributed by atoms with Crippen LogP contribution in [0.3, 0.4) is 0 Å². The van der Waals surface area contributed by atoms with Crippen molar-refractivity contribution >= 4 is 57.2 Å². The summed E-state index contributed by atoms with van der Waals surface area (Å²) in [5, 5.41) is 0.891. The zero-order valence-corrected chi connectivity index (χ0v) is 19.6. The molecule has 0 unspecified atom stereocenters. The van der Waals surface area contributed by atoms with Crippen LogP contribution in [0.5, 0.6) is 5.75 Å². The van der Waals surface area contributed by atoms with E-state index in [-0.39, 0.29) is 11.7 Å². The van der Waals surface area contributed by atoms with Crippen LogP contribution in [0, 0.1) is 6.92 Å². The molecule has 0 aliphatic carbocycles. The molecule has 1 saturated heterocycles. The number of esters is 1. The number of amides is 1. The summed E-state index contributed by atoms with van der Waals surface area (Å²) in [7, 11) is 0. The molecule has 5 nitrogen and oxygen atoms in total. The topological polar surface area (TPSA) is 59.8 Å². The van der Waals surface area contributed by atoms with E-state index in [1.165, 1.54) is 11.8 Å². The van der Waals surface area contributed by atoms with Crippen LogP contribution in [-0.4, -0.2) is 27.6 Å². The molecule has 0 radical (unpaired) electrons. The smallest absolute Gasteiger partial charge is 0.379 e. The molecule has 0 bridgehead atoms. The Morgan fingerprint density at radius 1 is 1.16 bits per heavy atom. The molecule has 32 heavy (non-hydrogen) atoms. The van der Waals surface area contributed by atoms with Crippen LogP contribution in [-0.2, 0) is 4.79 Å². The first-order valence-corrected chi connectivity index (χ1v) is 11.8. The molecular weight excluding hydrogens is 442 g/mol. The Balaban J connectivity index is 1.44. The molecule has 0 atom stereocenters. The Labute approximate surface area is 196 Å². The SMILES string of the molecule is CCCCCN1C(=O)C(=Cc2ccc(OC(=O)c3oc4ccccc4c3C)cc2)SC1=S. The molecule has 3 aromatic rings. The molecule has 4 rings (SSSR count). The largest absolute Gasteiger partial charge is 0.449 e. The van der Waals surface area contributed by atoms with Crippen molar-refractivity contribution in [2.24, 2.45) is 0 Å². The van der Waals surface area contributed by atoms with E-state index >= 15 is 0 Å². The number of aryl methyl sites for hydroxylation is 1. The van der Waals surface area contributed by atoms with E-state index in [9.17, 15) is 9.59 Å². The van der Waals surface area contributed by atoms with Gasteiger partial charge < -0.3 is 9.15 Å². The standard InChI is InChI=1S/C25H23NO4S2/c1-3-4-7-14-26-23(27)21(32-25(26)31)15-17-10-12-18(13-11-17)29-24(28)22-16(2)19-8-5-6-9-20(19)30-22/h5-6,8-13,15H,3-4,7,14H2,1-2H3. The molecule has 1 aromatic heterocycles. The van der Waals surface area contributed by atoms with E-state index in [0.29, 0.717) is 27.1 Å². The quantitative estimate of drug-likeness (QED) is 0.133. The first-order chi connectivity index (χ1) is 15.5. The number of nitrogens with zero attached hydrogens (tertiary/aromatic N) is 1. The van der Waals surface area contributed by atoms with Gasteiger partial charge in [0, 0.05) is 17.5 Å². The number of carbonyl (C=O) groups excluding carboxylic acids is 2. The zero-order valence-electron chi connectivity index (χ0n) is 17.9. The summed E-state index contributed by atoms with van der Waals surface area (Å²) in [5.41, 5.74) is 2.24. The van der Waals surface area contributed by atoms with Gasteiger partial charge in [-0.3, -0.25) is 9.69 Å². The number of rotatable bonds is 7. The number of para-hydroxylation sites is 1. The number of ether oxygens (including phenoxy) is 1. The molecule has 0 spiro atoms. The minimum atomic E-state index is -0.542. The molecule has 1 amide bonds. The predicted octanol–water partition coefficient (Wildman–Crippen LogP) is 6.35. The van der Waals surface area contributed by atoms with Gasteiger partial charge in [0.2, 0.25) is 5.76 Å². The molecular formula is C25H23NO4S2. The van der Waals surface area contributed by atoms with Crippen LogP contribution in [0.25, 0.3) is 17.0 Å². The van der Waals surface area contributed by atoms with E-state index in [0.717, 1.165) is 35.8 Å². The fraction of sp³-hybridized carbons (Fsp3) is 0.240. The summed E-state index contributed by atoms with van der Waals surface area (Å²) >= 11 is 6.69. The number of furan rings is 1. The fourth-order valence-electron chi connectivity index (χ4n) is 3.52. The molecule has 1 fully saturated rings. The van der Waals surface area contributed by atoms with Crippen LogP contribution in [0.2, 0.25) is 0 Å². The van der Waals surface area contributed by atoms with Crippen LogP contribution in [0.15, 0.2) is 57.9 Å². The summed E-state index contributed by atoms with van der Waals surface area (Å²) in [6, 6.07) is 14.5. The van der Waals surface area contributed by atoms with Crippen LogP contribution in [0.4, 0.5) is 0 Å². The highest BCUT2D eigenvalue weighted by atomic mass is 32.2. The average molecular weight is 466 g/mol. The molecule has 1 aliphatic rings. The minimum Gasteiger partial charge on any atom is -0.449 e. The number of thiocarbonyl (C=S) groups is 1. The predicted molar refractivity (Wildman–Crippen MR) is 132 cm³/mol. The summed E-state index contributed by atoms with van der Waals surface area (Å²) in [6.07, 6.45) is 4.93. The van der Waals surface area contributed by atoms with Gasteiger partial charge in [-0.15, -0.1) is 0 Å². The number of hydrogen-bond acceptors (Lipinski definition) is 6. The maximum absolute atomic E-state index is 12.7. The third-order valence-electron chi connectivity index (χ3n) is 5.28. The second-order valence-electron chi connectivity index (χ2n) is 7.55. The van der Waals surface area contributed by atoms with Gasteiger partial charge in [-0.1, -0.05) is 74.1 Å². The number of carbonyl (C=O) groups is 2. The third kappa shape index (κ3) is 4.64. The third-order valence-corrected chi connectivity index (χ3v) is 6.65. The lowest BCUT2D eigenvalue weighted by molar-refractivity contribution is -0.122. The van der Waals surface area contributed by atoms with Gasteiger partial charge in [0.05, 0.1) is 4.91 Å². The minimum absolute atomic E-state index is 0.0491. The van der Waals surface area contributed by atoms with E-state index in [1.807, 2.05) is 37.3 Å². The summed E-state index contributed by atoms with van der Waals surface area (Å²) in [5.74, 6) is 0.00696. The number of benzene rings is 2. The van der Waals surface area contributed by atoms with E-state index in [4.69, 9.17) is 21.4 Å². The van der Waals surface area contributed by atoms with Gasteiger partial charge in [-0.2, -0.15) is 0 Å². The molecule has 0 N–H and O–H groups in total. The van der Waals surface area contributed by atoms with Gasteiger partial charge >= 0.3 is 5.97 Å². The van der Waals surface area contributed by atoms with Crippen molar-refractivity contribution in [2.75, 3.05) is 6.54 Å². The van der Waals surface area contributed by atoms with Gasteiger partial charge in [0.1, 0.15) is 15.7 Å². The molecule has 1 aliphatic heterocycles. The highest BCUT2D eigenvalue weighted by Gasteiger charge is 2.31. The molecule has 7 heteroatoms. The maximum Gasteiger partial charge on any atom is 0.379 e.